The Morgan fingerprint density at radius 3 is 1.21 bits per heavy atom. The highest BCUT2D eigenvalue weighted by molar-refractivity contribution is 7.25. The number of aromatic nitrogens is 2. The van der Waals surface area contributed by atoms with Gasteiger partial charge in [0, 0.05) is 55.2 Å². The van der Waals surface area contributed by atoms with Gasteiger partial charge in [0.25, 0.3) is 0 Å². The van der Waals surface area contributed by atoms with Crippen LogP contribution in [0.2, 0.25) is 0 Å². The van der Waals surface area contributed by atoms with Crippen LogP contribution in [0.25, 0.3) is 85.9 Å². The third kappa shape index (κ3) is 5.34. The van der Waals surface area contributed by atoms with Crippen LogP contribution in [-0.4, -0.2) is 9.97 Å². The van der Waals surface area contributed by atoms with Crippen LogP contribution in [0.15, 0.2) is 203 Å². The zero-order valence-corrected chi connectivity index (χ0v) is 33.3. The molecule has 0 N–H and O–H groups in total. The Morgan fingerprint density at radius 2 is 0.721 bits per heavy atom. The number of anilines is 6. The van der Waals surface area contributed by atoms with Gasteiger partial charge in [-0.15, -0.1) is 0 Å². The van der Waals surface area contributed by atoms with Crippen molar-refractivity contribution in [2.75, 3.05) is 9.80 Å². The molecule has 0 saturated carbocycles. The lowest BCUT2D eigenvalue weighted by Crippen LogP contribution is -2.12. The summed E-state index contributed by atoms with van der Waals surface area (Å²) in [6.45, 7) is 0. The Kier molecular flexibility index (Phi) is 7.37. The van der Waals surface area contributed by atoms with Gasteiger partial charge in [0.15, 0.2) is 0 Å². The topological polar surface area (TPSA) is 58.5 Å². The minimum atomic E-state index is 0.808. The van der Waals surface area contributed by atoms with E-state index in [-0.39, 0.29) is 0 Å². The zero-order valence-electron chi connectivity index (χ0n) is 32.5. The van der Waals surface area contributed by atoms with Crippen LogP contribution >= 0.6 is 11.3 Å². The smallest absolute Gasteiger partial charge is 0.139 e. The number of hydrogen-bond acceptors (Lipinski definition) is 7. The lowest BCUT2D eigenvalue weighted by atomic mass is 10.1. The summed E-state index contributed by atoms with van der Waals surface area (Å²) in [5.74, 6) is 1.62. The fourth-order valence-corrected chi connectivity index (χ4v) is 10.1. The second-order valence-electron chi connectivity index (χ2n) is 15.4. The van der Waals surface area contributed by atoms with Crippen LogP contribution in [0, 0.1) is 0 Å². The molecule has 5 aromatic heterocycles. The molecule has 0 aliphatic carbocycles. The first kappa shape index (κ1) is 33.9. The molecule has 13 aromatic rings. The van der Waals surface area contributed by atoms with Crippen molar-refractivity contribution in [2.45, 2.75) is 0 Å². The molecule has 61 heavy (non-hydrogen) atoms. The first-order chi connectivity index (χ1) is 30.2. The summed E-state index contributed by atoms with van der Waals surface area (Å²) in [7, 11) is 0. The minimum absolute atomic E-state index is 0.808. The van der Waals surface area contributed by atoms with E-state index in [1.54, 1.807) is 11.3 Å². The molecule has 5 heterocycles. The van der Waals surface area contributed by atoms with E-state index in [1.165, 1.54) is 0 Å². The summed E-state index contributed by atoms with van der Waals surface area (Å²) in [6, 6.07) is 67.8. The number of benzene rings is 8. The lowest BCUT2D eigenvalue weighted by Gasteiger charge is -2.26. The molecule has 13 rings (SSSR count). The molecule has 286 valence electrons. The Hall–Kier alpha value is -8.00. The fourth-order valence-electron chi connectivity index (χ4n) is 9.07. The molecule has 0 unspecified atom stereocenters. The Bertz CT molecular complexity index is 3620. The normalized spacial score (nSPS) is 11.9. The van der Waals surface area contributed by atoms with Crippen LogP contribution in [0.5, 0.6) is 0 Å². The molecule has 0 aliphatic heterocycles. The van der Waals surface area contributed by atoms with Gasteiger partial charge in [-0.1, -0.05) is 121 Å². The molecule has 0 radical (unpaired) electrons. The molecular weight excluding hydrogens is 769 g/mol. The maximum absolute atomic E-state index is 6.40. The second kappa shape index (κ2) is 13.3. The van der Waals surface area contributed by atoms with Crippen molar-refractivity contribution in [3.63, 3.8) is 0 Å². The van der Waals surface area contributed by atoms with E-state index in [9.17, 15) is 0 Å². The van der Waals surface area contributed by atoms with Crippen LogP contribution in [0.3, 0.4) is 0 Å². The van der Waals surface area contributed by atoms with Crippen molar-refractivity contribution in [1.82, 2.24) is 9.97 Å². The van der Waals surface area contributed by atoms with E-state index < -0.39 is 0 Å². The average Bonchev–Trinajstić information content (AvgIpc) is 3.99. The van der Waals surface area contributed by atoms with Crippen LogP contribution in [-0.2, 0) is 0 Å². The van der Waals surface area contributed by atoms with Gasteiger partial charge in [-0.05, 0) is 83.6 Å². The summed E-state index contributed by atoms with van der Waals surface area (Å²) in [5, 5.41) is 11.1. The average molecular weight is 801 g/mol. The van der Waals surface area contributed by atoms with Gasteiger partial charge in [0.1, 0.15) is 43.6 Å². The van der Waals surface area contributed by atoms with E-state index in [0.29, 0.717) is 0 Å². The van der Waals surface area contributed by atoms with Gasteiger partial charge in [-0.25, -0.2) is 9.97 Å². The number of furan rings is 2. The molecule has 0 fully saturated rings. The van der Waals surface area contributed by atoms with Crippen molar-refractivity contribution in [1.29, 1.82) is 0 Å². The second-order valence-corrected chi connectivity index (χ2v) is 16.3. The lowest BCUT2D eigenvalue weighted by molar-refractivity contribution is 0.668. The van der Waals surface area contributed by atoms with Gasteiger partial charge < -0.3 is 8.83 Å². The van der Waals surface area contributed by atoms with E-state index in [2.05, 4.69) is 180 Å². The van der Waals surface area contributed by atoms with Crippen LogP contribution < -0.4 is 9.80 Å². The summed E-state index contributed by atoms with van der Waals surface area (Å²) >= 11 is 1.61. The van der Waals surface area contributed by atoms with E-state index in [1.807, 2.05) is 24.3 Å². The Labute approximate surface area is 352 Å². The zero-order chi connectivity index (χ0) is 40.0. The number of nitrogens with zero attached hydrogens (tertiary/aromatic N) is 4. The molecule has 0 spiro atoms. The summed E-state index contributed by atoms with van der Waals surface area (Å²) < 4.78 is 12.8. The van der Waals surface area contributed by atoms with Crippen LogP contribution in [0.4, 0.5) is 34.4 Å². The molecule has 0 aliphatic rings. The molecule has 8 aromatic carbocycles. The first-order valence-electron chi connectivity index (χ1n) is 20.3. The summed E-state index contributed by atoms with van der Waals surface area (Å²) in [5.41, 5.74) is 7.40. The fraction of sp³-hybridized carbons (Fsp3) is 0. The molecule has 0 bridgehead atoms. The molecule has 6 nitrogen and oxygen atoms in total. The van der Waals surface area contributed by atoms with Crippen molar-refractivity contribution < 1.29 is 8.83 Å². The van der Waals surface area contributed by atoms with E-state index in [4.69, 9.17) is 18.8 Å². The Balaban J connectivity index is 0.981. The van der Waals surface area contributed by atoms with Crippen molar-refractivity contribution in [3.05, 3.63) is 194 Å². The number of pyridine rings is 2. The largest absolute Gasteiger partial charge is 0.456 e. The standard InChI is InChI=1S/C54H32N4O2S/c1-3-15-37-33(11-1)13-9-19-45(37)57(35-23-25-41-39-17-5-7-21-47(39)59-49(41)31-35)51-29-27-43-44-28-30-52(56-54(44)61-53(43)55-51)58(46-20-10-14-34-12-2-4-16-38(34)46)36-24-26-42-40-18-6-8-22-48(40)60-50(42)32-36/h1-32H. The summed E-state index contributed by atoms with van der Waals surface area (Å²) in [4.78, 5) is 17.2. The molecule has 0 amide bonds. The quantitative estimate of drug-likeness (QED) is 0.167. The van der Waals surface area contributed by atoms with Crippen molar-refractivity contribution in [3.8, 4) is 0 Å². The SMILES string of the molecule is c1ccc2c(N(c3ccc4c(c3)oc3ccccc34)c3ccc4c(n3)sc3nc(N(c5ccc6c(c5)oc5ccccc56)c5cccc6ccccc56)ccc34)cccc2c1. The van der Waals surface area contributed by atoms with Gasteiger partial charge in [-0.2, -0.15) is 0 Å². The highest BCUT2D eigenvalue weighted by atomic mass is 32.1. The predicted molar refractivity (Wildman–Crippen MR) is 254 cm³/mol. The Morgan fingerprint density at radius 1 is 0.328 bits per heavy atom. The van der Waals surface area contributed by atoms with Crippen molar-refractivity contribution in [2.24, 2.45) is 0 Å². The number of thiophene rings is 1. The van der Waals surface area contributed by atoms with Gasteiger partial charge in [0.05, 0.1) is 22.7 Å². The maximum Gasteiger partial charge on any atom is 0.139 e. The number of para-hydroxylation sites is 2. The van der Waals surface area contributed by atoms with Crippen LogP contribution in [0.1, 0.15) is 0 Å². The molecule has 0 saturated heterocycles. The van der Waals surface area contributed by atoms with Gasteiger partial charge in [0.2, 0.25) is 0 Å². The first-order valence-corrected chi connectivity index (χ1v) is 21.1. The van der Waals surface area contributed by atoms with E-state index in [0.717, 1.165) is 120 Å². The maximum atomic E-state index is 6.40. The third-order valence-corrected chi connectivity index (χ3v) is 12.9. The monoisotopic (exact) mass is 800 g/mol. The highest BCUT2D eigenvalue weighted by Gasteiger charge is 2.22. The van der Waals surface area contributed by atoms with Gasteiger partial charge in [-0.3, -0.25) is 9.80 Å². The molecule has 0 atom stereocenters. The third-order valence-electron chi connectivity index (χ3n) is 11.9. The number of rotatable bonds is 6. The summed E-state index contributed by atoms with van der Waals surface area (Å²) in [6.07, 6.45) is 0. The number of fused-ring (bicyclic) bond motifs is 11. The number of hydrogen-bond donors (Lipinski definition) is 0. The van der Waals surface area contributed by atoms with E-state index >= 15 is 0 Å². The molecular formula is C54H32N4O2S. The van der Waals surface area contributed by atoms with Gasteiger partial charge >= 0.3 is 0 Å². The molecule has 7 heteroatoms. The predicted octanol–water partition coefficient (Wildman–Crippen LogP) is 15.9. The van der Waals surface area contributed by atoms with Crippen molar-refractivity contribution >= 4 is 132 Å². The minimum Gasteiger partial charge on any atom is -0.456 e. The highest BCUT2D eigenvalue weighted by Crippen LogP contribution is 2.45.